The van der Waals surface area contributed by atoms with Crippen molar-refractivity contribution in [2.24, 2.45) is 16.7 Å². The predicted molar refractivity (Wildman–Crippen MR) is 165 cm³/mol. The lowest BCUT2D eigenvalue weighted by molar-refractivity contribution is -0.127. The molecule has 4 aliphatic carbocycles. The summed E-state index contributed by atoms with van der Waals surface area (Å²) >= 11 is 1.42. The number of nitrogens with one attached hydrogen (secondary N) is 2. The monoisotopic (exact) mass is 572 g/mol. The summed E-state index contributed by atoms with van der Waals surface area (Å²) in [7, 11) is 0. The summed E-state index contributed by atoms with van der Waals surface area (Å²) in [6.45, 7) is 14.6. The largest absolute Gasteiger partial charge is 0.326 e. The summed E-state index contributed by atoms with van der Waals surface area (Å²) in [6.07, 6.45) is 1.98. The molecule has 4 aliphatic rings. The predicted octanol–water partition coefficient (Wildman–Crippen LogP) is 7.38. The van der Waals surface area contributed by atoms with Crippen LogP contribution >= 0.6 is 11.3 Å². The third kappa shape index (κ3) is 4.08. The van der Waals surface area contributed by atoms with Gasteiger partial charge in [-0.25, -0.2) is 11.6 Å². The van der Waals surface area contributed by atoms with Crippen molar-refractivity contribution >= 4 is 34.0 Å². The van der Waals surface area contributed by atoms with Gasteiger partial charge >= 0.3 is 0 Å². The SMILES string of the molecule is [C-]#[N+]C12CC(C)(C(=O)Nc3nc(Cc4ccc(NC(=O)C5CC5(C)C)cc4)cs3)C(c3ccccc31)c1ccccc12. The van der Waals surface area contributed by atoms with Crippen molar-refractivity contribution in [3.05, 3.63) is 123 Å². The molecule has 7 heteroatoms. The first-order chi connectivity index (χ1) is 20.1. The van der Waals surface area contributed by atoms with E-state index in [2.05, 4.69) is 53.6 Å². The van der Waals surface area contributed by atoms with Crippen LogP contribution in [0.1, 0.15) is 73.0 Å². The fraction of sp³-hybridized carbons (Fsp3) is 0.314. The molecule has 42 heavy (non-hydrogen) atoms. The van der Waals surface area contributed by atoms with Crippen LogP contribution in [0, 0.1) is 23.3 Å². The van der Waals surface area contributed by atoms with E-state index in [1.165, 1.54) is 11.3 Å². The number of aromatic nitrogens is 1. The lowest BCUT2D eigenvalue weighted by Crippen LogP contribution is -2.53. The van der Waals surface area contributed by atoms with E-state index >= 15 is 0 Å². The van der Waals surface area contributed by atoms with E-state index in [0.717, 1.165) is 45.6 Å². The van der Waals surface area contributed by atoms with E-state index in [9.17, 15) is 9.59 Å². The molecule has 2 atom stereocenters. The van der Waals surface area contributed by atoms with Gasteiger partial charge in [-0.05, 0) is 47.6 Å². The molecule has 0 saturated heterocycles. The van der Waals surface area contributed by atoms with Crippen LogP contribution < -0.4 is 10.6 Å². The van der Waals surface area contributed by atoms with E-state index < -0.39 is 11.0 Å². The van der Waals surface area contributed by atoms with Crippen LogP contribution in [0.15, 0.2) is 78.2 Å². The van der Waals surface area contributed by atoms with Crippen molar-refractivity contribution in [1.82, 2.24) is 4.98 Å². The van der Waals surface area contributed by atoms with Gasteiger partial charge in [-0.15, -0.1) is 11.3 Å². The minimum Gasteiger partial charge on any atom is -0.326 e. The molecule has 4 aromatic rings. The number of hydrogen-bond donors (Lipinski definition) is 2. The highest BCUT2D eigenvalue weighted by Crippen LogP contribution is 2.64. The van der Waals surface area contributed by atoms with Crippen LogP contribution in [0.3, 0.4) is 0 Å². The second-order valence-corrected chi connectivity index (χ2v) is 13.7. The normalized spacial score (nSPS) is 26.0. The molecule has 1 aromatic heterocycles. The maximum absolute atomic E-state index is 14.1. The Morgan fingerprint density at radius 3 is 2.17 bits per heavy atom. The molecule has 0 radical (unpaired) electrons. The van der Waals surface area contributed by atoms with Crippen LogP contribution in [0.2, 0.25) is 0 Å². The van der Waals surface area contributed by atoms with Gasteiger partial charge in [0.1, 0.15) is 0 Å². The van der Waals surface area contributed by atoms with Crippen LogP contribution in [-0.4, -0.2) is 16.8 Å². The van der Waals surface area contributed by atoms with Gasteiger partial charge in [0.05, 0.1) is 11.1 Å². The average Bonchev–Trinajstić information content (AvgIpc) is 3.42. The molecule has 0 spiro atoms. The van der Waals surface area contributed by atoms with Crippen LogP contribution in [0.4, 0.5) is 10.8 Å². The smallest absolute Gasteiger partial charge is 0.284 e. The van der Waals surface area contributed by atoms with Crippen molar-refractivity contribution in [1.29, 1.82) is 0 Å². The Bertz CT molecular complexity index is 1740. The number of hydrogen-bond acceptors (Lipinski definition) is 4. The number of carbonyl (C=O) groups is 2. The third-order valence-electron chi connectivity index (χ3n) is 9.61. The molecule has 1 heterocycles. The number of rotatable bonds is 6. The Balaban J connectivity index is 1.08. The van der Waals surface area contributed by atoms with Crippen molar-refractivity contribution in [2.75, 3.05) is 10.6 Å². The second-order valence-electron chi connectivity index (χ2n) is 12.9. The fourth-order valence-corrected chi connectivity index (χ4v) is 7.90. The maximum Gasteiger partial charge on any atom is 0.284 e. The summed E-state index contributed by atoms with van der Waals surface area (Å²) in [5, 5.41) is 8.68. The third-order valence-corrected chi connectivity index (χ3v) is 10.4. The average molecular weight is 573 g/mol. The number of benzene rings is 3. The van der Waals surface area contributed by atoms with Gasteiger partial charge in [-0.1, -0.05) is 74.5 Å². The molecule has 2 N–H and O–H groups in total. The fourth-order valence-electron chi connectivity index (χ4n) is 7.19. The van der Waals surface area contributed by atoms with E-state index in [0.29, 0.717) is 18.0 Å². The Morgan fingerprint density at radius 2 is 1.57 bits per heavy atom. The molecule has 3 aromatic carbocycles. The van der Waals surface area contributed by atoms with Gasteiger partial charge in [0.25, 0.3) is 5.54 Å². The number of anilines is 2. The number of fused-ring (bicyclic) bond motifs is 1. The Kier molecular flexibility index (Phi) is 5.93. The highest BCUT2D eigenvalue weighted by atomic mass is 32.1. The summed E-state index contributed by atoms with van der Waals surface area (Å²) in [5.41, 5.74) is 5.32. The van der Waals surface area contributed by atoms with Crippen molar-refractivity contribution in [3.63, 3.8) is 0 Å². The molecule has 2 amide bonds. The number of thiazole rings is 1. The first-order valence-electron chi connectivity index (χ1n) is 14.4. The van der Waals surface area contributed by atoms with Gasteiger partial charge in [0.15, 0.2) is 5.13 Å². The van der Waals surface area contributed by atoms with Gasteiger partial charge in [0.2, 0.25) is 11.8 Å². The minimum atomic E-state index is -0.886. The maximum atomic E-state index is 14.1. The molecule has 0 aliphatic heterocycles. The van der Waals surface area contributed by atoms with Crippen molar-refractivity contribution < 1.29 is 9.59 Å². The van der Waals surface area contributed by atoms with E-state index in [1.54, 1.807) is 0 Å². The lowest BCUT2D eigenvalue weighted by Gasteiger charge is -2.51. The zero-order valence-electron chi connectivity index (χ0n) is 23.9. The number of carbonyl (C=O) groups excluding carboxylic acids is 2. The molecule has 2 unspecified atom stereocenters. The Morgan fingerprint density at radius 1 is 0.952 bits per heavy atom. The van der Waals surface area contributed by atoms with Gasteiger partial charge in [-0.2, -0.15) is 0 Å². The first-order valence-corrected chi connectivity index (χ1v) is 15.3. The van der Waals surface area contributed by atoms with E-state index in [4.69, 9.17) is 11.6 Å². The molecular weight excluding hydrogens is 540 g/mol. The number of amides is 2. The van der Waals surface area contributed by atoms with Crippen LogP contribution in [-0.2, 0) is 21.5 Å². The zero-order valence-corrected chi connectivity index (χ0v) is 24.7. The van der Waals surface area contributed by atoms with E-state index in [1.807, 2.05) is 60.8 Å². The highest BCUT2D eigenvalue weighted by molar-refractivity contribution is 7.13. The number of nitrogens with zero attached hydrogens (tertiary/aromatic N) is 2. The van der Waals surface area contributed by atoms with Gasteiger partial charge in [0, 0.05) is 46.9 Å². The van der Waals surface area contributed by atoms with E-state index in [-0.39, 0.29) is 29.1 Å². The molecule has 1 fully saturated rings. The molecule has 210 valence electrons. The second kappa shape index (κ2) is 9.37. The molecule has 6 nitrogen and oxygen atoms in total. The van der Waals surface area contributed by atoms with Gasteiger partial charge in [-0.3, -0.25) is 14.4 Å². The molecule has 2 bridgehead atoms. The quantitative estimate of drug-likeness (QED) is 0.237. The summed E-state index contributed by atoms with van der Waals surface area (Å²) in [4.78, 5) is 35.4. The first kappa shape index (κ1) is 26.6. The van der Waals surface area contributed by atoms with Crippen molar-refractivity contribution in [2.45, 2.75) is 51.5 Å². The minimum absolute atomic E-state index is 0.0850. The molecule has 8 rings (SSSR count). The van der Waals surface area contributed by atoms with Gasteiger partial charge < -0.3 is 10.6 Å². The summed E-state index contributed by atoms with van der Waals surface area (Å²) in [6, 6.07) is 24.1. The van der Waals surface area contributed by atoms with Crippen LogP contribution in [0.5, 0.6) is 0 Å². The lowest BCUT2D eigenvalue weighted by atomic mass is 9.49. The topological polar surface area (TPSA) is 75.5 Å². The van der Waals surface area contributed by atoms with Crippen molar-refractivity contribution in [3.8, 4) is 0 Å². The summed E-state index contributed by atoms with van der Waals surface area (Å²) < 4.78 is 0. The molecule has 1 saturated carbocycles. The molecular formula is C35H32N4O2S. The highest BCUT2D eigenvalue weighted by Gasteiger charge is 2.64. The Labute approximate surface area is 250 Å². The zero-order chi connectivity index (χ0) is 29.3. The standard InChI is InChI=1S/C35H32N4O2S/c1-33(2)18-28(33)30(40)37-22-15-13-21(14-16-22)17-23-19-42-32(38-23)39-31(41)34(3)20-35(36-4)26-11-7-5-9-24(26)29(34)25-10-6-8-12-27(25)35/h5-16,19,28-29H,17-18,20H2,1-3H3,(H,37,40)(H,38,39,41). The Hall–Kier alpha value is -4.28. The van der Waals surface area contributed by atoms with Crippen LogP contribution in [0.25, 0.3) is 4.85 Å². The summed E-state index contributed by atoms with van der Waals surface area (Å²) in [5.74, 6) is -0.0765.